The Hall–Kier alpha value is -1.55. The Bertz CT molecular complexity index is 444. The molecule has 0 saturated carbocycles. The van der Waals surface area contributed by atoms with Gasteiger partial charge >= 0.3 is 6.09 Å². The third-order valence-corrected chi connectivity index (χ3v) is 3.78. The van der Waals surface area contributed by atoms with Crippen LogP contribution < -0.4 is 5.32 Å². The summed E-state index contributed by atoms with van der Waals surface area (Å²) in [7, 11) is 2.10. The summed E-state index contributed by atoms with van der Waals surface area (Å²) < 4.78 is 4.97. The quantitative estimate of drug-likeness (QED) is 0.922. The summed E-state index contributed by atoms with van der Waals surface area (Å²) in [4.78, 5) is 13.8. The summed E-state index contributed by atoms with van der Waals surface area (Å²) in [6.45, 7) is 6.24. The molecule has 2 atom stereocenters. The van der Waals surface area contributed by atoms with E-state index in [1.165, 1.54) is 11.1 Å². The molecule has 1 fully saturated rings. The molecule has 4 heteroatoms. The second-order valence-corrected chi connectivity index (χ2v) is 5.63. The molecule has 20 heavy (non-hydrogen) atoms. The number of nitrogens with zero attached hydrogens (tertiary/aromatic N) is 1. The van der Waals surface area contributed by atoms with Crippen LogP contribution in [0, 0.1) is 6.92 Å². The van der Waals surface area contributed by atoms with E-state index in [0.717, 1.165) is 19.5 Å². The topological polar surface area (TPSA) is 41.6 Å². The molecule has 0 bridgehead atoms. The summed E-state index contributed by atoms with van der Waals surface area (Å²) >= 11 is 0. The number of amides is 1. The van der Waals surface area contributed by atoms with E-state index in [1.807, 2.05) is 6.92 Å². The standard InChI is InChI=1S/C16H24N2O2/c1-4-20-16(19)17-15-9-14(10-18(3)11-15)13-7-5-12(2)6-8-13/h5-8,14-15H,4,9-11H2,1-3H3,(H,17,19). The Morgan fingerprint density at radius 3 is 2.70 bits per heavy atom. The van der Waals surface area contributed by atoms with Crippen LogP contribution in [0.5, 0.6) is 0 Å². The Balaban J connectivity index is 2.00. The average Bonchev–Trinajstić information content (AvgIpc) is 2.39. The number of carbonyl (C=O) groups is 1. The first-order valence-electron chi connectivity index (χ1n) is 7.27. The smallest absolute Gasteiger partial charge is 0.407 e. The number of benzene rings is 1. The molecule has 2 rings (SSSR count). The van der Waals surface area contributed by atoms with Gasteiger partial charge in [0, 0.05) is 19.1 Å². The normalized spacial score (nSPS) is 23.4. The van der Waals surface area contributed by atoms with Gasteiger partial charge in [-0.2, -0.15) is 0 Å². The molecule has 0 aromatic heterocycles. The minimum Gasteiger partial charge on any atom is -0.450 e. The zero-order valence-corrected chi connectivity index (χ0v) is 12.6. The number of hydrogen-bond donors (Lipinski definition) is 1. The number of nitrogens with one attached hydrogen (secondary N) is 1. The fraction of sp³-hybridized carbons (Fsp3) is 0.562. The van der Waals surface area contributed by atoms with E-state index < -0.39 is 0 Å². The monoisotopic (exact) mass is 276 g/mol. The van der Waals surface area contributed by atoms with Gasteiger partial charge in [0.1, 0.15) is 0 Å². The van der Waals surface area contributed by atoms with Crippen molar-refractivity contribution in [2.45, 2.75) is 32.2 Å². The first kappa shape index (κ1) is 14.9. The maximum absolute atomic E-state index is 11.6. The van der Waals surface area contributed by atoms with Gasteiger partial charge in [0.05, 0.1) is 6.61 Å². The summed E-state index contributed by atoms with van der Waals surface area (Å²) in [6.07, 6.45) is 0.655. The number of likely N-dealkylation sites (tertiary alicyclic amines) is 1. The third-order valence-electron chi connectivity index (χ3n) is 3.78. The van der Waals surface area contributed by atoms with Crippen molar-refractivity contribution in [2.75, 3.05) is 26.7 Å². The summed E-state index contributed by atoms with van der Waals surface area (Å²) in [6, 6.07) is 8.84. The van der Waals surface area contributed by atoms with Gasteiger partial charge < -0.3 is 15.0 Å². The fourth-order valence-electron chi connectivity index (χ4n) is 2.84. The molecule has 1 heterocycles. The third kappa shape index (κ3) is 3.97. The largest absolute Gasteiger partial charge is 0.450 e. The van der Waals surface area contributed by atoms with Gasteiger partial charge in [0.25, 0.3) is 0 Å². The first-order valence-corrected chi connectivity index (χ1v) is 7.27. The average molecular weight is 276 g/mol. The molecule has 1 aliphatic rings. The minimum absolute atomic E-state index is 0.152. The molecule has 0 radical (unpaired) electrons. The fourth-order valence-corrected chi connectivity index (χ4v) is 2.84. The maximum Gasteiger partial charge on any atom is 0.407 e. The Morgan fingerprint density at radius 2 is 2.05 bits per heavy atom. The molecule has 1 N–H and O–H groups in total. The van der Waals surface area contributed by atoms with Crippen LogP contribution in [-0.4, -0.2) is 43.8 Å². The number of likely N-dealkylation sites (N-methyl/N-ethyl adjacent to an activating group) is 1. The number of ether oxygens (including phenoxy) is 1. The number of alkyl carbamates (subject to hydrolysis) is 1. The highest BCUT2D eigenvalue weighted by atomic mass is 16.5. The predicted molar refractivity (Wildman–Crippen MR) is 80.0 cm³/mol. The van der Waals surface area contributed by atoms with Gasteiger partial charge in [-0.1, -0.05) is 29.8 Å². The molecule has 1 saturated heterocycles. The number of piperidine rings is 1. The molecule has 1 aromatic rings. The van der Waals surface area contributed by atoms with E-state index in [-0.39, 0.29) is 12.1 Å². The molecule has 1 aromatic carbocycles. The molecule has 110 valence electrons. The first-order chi connectivity index (χ1) is 9.58. The lowest BCUT2D eigenvalue weighted by Crippen LogP contribution is -2.48. The van der Waals surface area contributed by atoms with Crippen molar-refractivity contribution >= 4 is 6.09 Å². The second kappa shape index (κ2) is 6.75. The molecular formula is C16H24N2O2. The van der Waals surface area contributed by atoms with Gasteiger partial charge in [0.15, 0.2) is 0 Å². The van der Waals surface area contributed by atoms with Crippen molar-refractivity contribution in [2.24, 2.45) is 0 Å². The number of carbonyl (C=O) groups excluding carboxylic acids is 1. The van der Waals surface area contributed by atoms with Crippen LogP contribution in [0.25, 0.3) is 0 Å². The lowest BCUT2D eigenvalue weighted by molar-refractivity contribution is 0.135. The van der Waals surface area contributed by atoms with E-state index in [2.05, 4.69) is 48.5 Å². The van der Waals surface area contributed by atoms with Crippen molar-refractivity contribution in [3.63, 3.8) is 0 Å². The van der Waals surface area contributed by atoms with Crippen molar-refractivity contribution < 1.29 is 9.53 Å². The molecule has 0 spiro atoms. The molecule has 1 aliphatic heterocycles. The van der Waals surface area contributed by atoms with Gasteiger partial charge in [-0.25, -0.2) is 4.79 Å². The summed E-state index contributed by atoms with van der Waals surface area (Å²) in [5, 5.41) is 2.96. The minimum atomic E-state index is -0.310. The molecule has 0 aliphatic carbocycles. The van der Waals surface area contributed by atoms with Crippen LogP contribution in [0.2, 0.25) is 0 Å². The van der Waals surface area contributed by atoms with E-state index in [9.17, 15) is 4.79 Å². The van der Waals surface area contributed by atoms with Crippen LogP contribution in [0.4, 0.5) is 4.79 Å². The zero-order valence-electron chi connectivity index (χ0n) is 12.6. The van der Waals surface area contributed by atoms with Crippen LogP contribution in [0.15, 0.2) is 24.3 Å². The van der Waals surface area contributed by atoms with Gasteiger partial charge in [0.2, 0.25) is 0 Å². The van der Waals surface area contributed by atoms with E-state index in [1.54, 1.807) is 0 Å². The van der Waals surface area contributed by atoms with Crippen LogP contribution in [0.1, 0.15) is 30.4 Å². The molecule has 2 unspecified atom stereocenters. The lowest BCUT2D eigenvalue weighted by atomic mass is 9.88. The SMILES string of the molecule is CCOC(=O)NC1CC(c2ccc(C)cc2)CN(C)C1. The Labute approximate surface area is 121 Å². The maximum atomic E-state index is 11.6. The van der Waals surface area contributed by atoms with Crippen molar-refractivity contribution in [1.29, 1.82) is 0 Å². The van der Waals surface area contributed by atoms with E-state index in [0.29, 0.717) is 12.5 Å². The van der Waals surface area contributed by atoms with Gasteiger partial charge in [-0.05, 0) is 38.8 Å². The number of hydrogen-bond acceptors (Lipinski definition) is 3. The Kier molecular flexibility index (Phi) is 5.01. The van der Waals surface area contributed by atoms with Crippen molar-refractivity contribution in [3.8, 4) is 0 Å². The molecular weight excluding hydrogens is 252 g/mol. The zero-order chi connectivity index (χ0) is 14.5. The summed E-state index contributed by atoms with van der Waals surface area (Å²) in [5.74, 6) is 0.460. The summed E-state index contributed by atoms with van der Waals surface area (Å²) in [5.41, 5.74) is 2.62. The predicted octanol–water partition coefficient (Wildman–Crippen LogP) is 2.53. The van der Waals surface area contributed by atoms with Gasteiger partial charge in [-0.15, -0.1) is 0 Å². The van der Waals surface area contributed by atoms with E-state index in [4.69, 9.17) is 4.74 Å². The van der Waals surface area contributed by atoms with E-state index >= 15 is 0 Å². The second-order valence-electron chi connectivity index (χ2n) is 5.63. The highest BCUT2D eigenvalue weighted by Crippen LogP contribution is 2.26. The number of aryl methyl sites for hydroxylation is 1. The van der Waals surface area contributed by atoms with Crippen LogP contribution >= 0.6 is 0 Å². The highest BCUT2D eigenvalue weighted by molar-refractivity contribution is 5.67. The van der Waals surface area contributed by atoms with Crippen LogP contribution in [-0.2, 0) is 4.74 Å². The highest BCUT2D eigenvalue weighted by Gasteiger charge is 2.27. The lowest BCUT2D eigenvalue weighted by Gasteiger charge is -2.36. The van der Waals surface area contributed by atoms with Crippen molar-refractivity contribution in [1.82, 2.24) is 10.2 Å². The number of rotatable bonds is 3. The molecule has 4 nitrogen and oxygen atoms in total. The Morgan fingerprint density at radius 1 is 1.35 bits per heavy atom. The van der Waals surface area contributed by atoms with Gasteiger partial charge in [-0.3, -0.25) is 0 Å². The molecule has 1 amide bonds. The van der Waals surface area contributed by atoms with Crippen LogP contribution in [0.3, 0.4) is 0 Å². The van der Waals surface area contributed by atoms with Crippen molar-refractivity contribution in [3.05, 3.63) is 35.4 Å².